The Morgan fingerprint density at radius 3 is 1.17 bits per heavy atom. The van der Waals surface area contributed by atoms with Crippen LogP contribution in [-0.4, -0.2) is 0 Å². The highest BCUT2D eigenvalue weighted by Gasteiger charge is 2.34. The van der Waals surface area contributed by atoms with Crippen molar-refractivity contribution < 1.29 is 0 Å². The Kier molecular flexibility index (Phi) is 6.15. The van der Waals surface area contributed by atoms with E-state index in [0.717, 1.165) is 0 Å². The standard InChI is InChI=1S/C54H32/c1-5-13-33(14-6-1)37-21-22-39-31-47-48(32-40(39)29-37)50(36-19-11-4-12-20-36)54-44-27-25-42-41-24-23-38(34-15-7-2-8-16-34)30-46(41)43-26-28-45(52(44)51(42)43)53(54)49(47)35-17-9-3-10-18-35/h1-32H. The molecule has 0 radical (unpaired) electrons. The third kappa shape index (κ3) is 4.14. The third-order valence-electron chi connectivity index (χ3n) is 11.9. The lowest BCUT2D eigenvalue weighted by Crippen LogP contribution is -1.94. The van der Waals surface area contributed by atoms with E-state index in [0.29, 0.717) is 0 Å². The number of hydrogen-bond acceptors (Lipinski definition) is 0. The van der Waals surface area contributed by atoms with Gasteiger partial charge in [-0.2, -0.15) is 0 Å². The molecule has 12 rings (SSSR count). The van der Waals surface area contributed by atoms with Gasteiger partial charge in [0.15, 0.2) is 0 Å². The van der Waals surface area contributed by atoms with Crippen molar-refractivity contribution in [1.29, 1.82) is 0 Å². The van der Waals surface area contributed by atoms with Crippen LogP contribution in [0.5, 0.6) is 0 Å². The van der Waals surface area contributed by atoms with Crippen LogP contribution in [0.15, 0.2) is 194 Å². The minimum absolute atomic E-state index is 1.23. The van der Waals surface area contributed by atoms with Crippen molar-refractivity contribution in [2.24, 2.45) is 0 Å². The maximum Gasteiger partial charge on any atom is -0.000740 e. The van der Waals surface area contributed by atoms with Crippen molar-refractivity contribution in [3.05, 3.63) is 194 Å². The number of benzene rings is 10. The van der Waals surface area contributed by atoms with E-state index in [1.165, 1.54) is 121 Å². The maximum absolute atomic E-state index is 2.46. The SMILES string of the molecule is c1ccc(-c2ccc3c(c2)-c2ccc4c5c(ccc-3c25)-c2c-4c(-c3ccccc3)c3cc4ccc(-c5ccccc5)cc4cc3c2-c2ccccc2)cc1. The highest BCUT2D eigenvalue weighted by Crippen LogP contribution is 2.61. The third-order valence-corrected chi connectivity index (χ3v) is 11.9. The first-order valence-electron chi connectivity index (χ1n) is 18.8. The van der Waals surface area contributed by atoms with Crippen LogP contribution < -0.4 is 0 Å². The van der Waals surface area contributed by atoms with E-state index in [9.17, 15) is 0 Å². The molecule has 0 nitrogen and oxygen atoms in total. The van der Waals surface area contributed by atoms with Crippen LogP contribution in [0, 0.1) is 0 Å². The molecule has 2 aliphatic carbocycles. The Bertz CT molecular complexity index is 3160. The fourth-order valence-corrected chi connectivity index (χ4v) is 9.56. The quantitative estimate of drug-likeness (QED) is 0.162. The van der Waals surface area contributed by atoms with Crippen molar-refractivity contribution in [2.75, 3.05) is 0 Å². The van der Waals surface area contributed by atoms with Crippen molar-refractivity contribution in [1.82, 2.24) is 0 Å². The van der Waals surface area contributed by atoms with Crippen molar-refractivity contribution in [3.8, 4) is 89.0 Å². The number of fused-ring (bicyclic) bond motifs is 8. The number of hydrogen-bond donors (Lipinski definition) is 0. The Balaban J connectivity index is 1.20. The summed E-state index contributed by atoms with van der Waals surface area (Å²) in [5, 5.41) is 7.82. The van der Waals surface area contributed by atoms with Crippen molar-refractivity contribution in [2.45, 2.75) is 0 Å². The Morgan fingerprint density at radius 1 is 0.204 bits per heavy atom. The summed E-state index contributed by atoms with van der Waals surface area (Å²) < 4.78 is 0. The first-order chi connectivity index (χ1) is 26.8. The monoisotopic (exact) mass is 680 g/mol. The van der Waals surface area contributed by atoms with Crippen molar-refractivity contribution in [3.63, 3.8) is 0 Å². The molecule has 2 aliphatic rings. The molecule has 0 fully saturated rings. The molecule has 0 amide bonds. The number of rotatable bonds is 4. The molecule has 0 N–H and O–H groups in total. The molecular weight excluding hydrogens is 649 g/mol. The molecule has 54 heavy (non-hydrogen) atoms. The normalized spacial score (nSPS) is 12.1. The largest absolute Gasteiger partial charge is 0.0622 e. The van der Waals surface area contributed by atoms with Gasteiger partial charge < -0.3 is 0 Å². The predicted octanol–water partition coefficient (Wildman–Crippen LogP) is 15.1. The van der Waals surface area contributed by atoms with E-state index in [1.807, 2.05) is 0 Å². The van der Waals surface area contributed by atoms with Crippen LogP contribution in [0.1, 0.15) is 0 Å². The average Bonchev–Trinajstić information content (AvgIpc) is 3.75. The molecule has 0 heteroatoms. The lowest BCUT2D eigenvalue weighted by Gasteiger charge is -2.21. The minimum Gasteiger partial charge on any atom is -0.0622 e. The van der Waals surface area contributed by atoms with Gasteiger partial charge in [0.25, 0.3) is 0 Å². The van der Waals surface area contributed by atoms with Crippen LogP contribution in [0.4, 0.5) is 0 Å². The Labute approximate surface area is 314 Å². The topological polar surface area (TPSA) is 0 Å². The lowest BCUT2D eigenvalue weighted by molar-refractivity contribution is 1.61. The Morgan fingerprint density at radius 2 is 0.611 bits per heavy atom. The summed E-state index contributed by atoms with van der Waals surface area (Å²) in [6.45, 7) is 0. The van der Waals surface area contributed by atoms with Gasteiger partial charge in [-0.15, -0.1) is 0 Å². The Hall–Kier alpha value is -7.02. The zero-order valence-corrected chi connectivity index (χ0v) is 29.5. The predicted molar refractivity (Wildman–Crippen MR) is 230 cm³/mol. The average molecular weight is 681 g/mol. The van der Waals surface area contributed by atoms with Gasteiger partial charge in [0.2, 0.25) is 0 Å². The van der Waals surface area contributed by atoms with Gasteiger partial charge >= 0.3 is 0 Å². The molecule has 0 aromatic heterocycles. The summed E-state index contributed by atoms with van der Waals surface area (Å²) in [4.78, 5) is 0. The fourth-order valence-electron chi connectivity index (χ4n) is 9.56. The molecular formula is C54H32. The molecule has 0 atom stereocenters. The first-order valence-corrected chi connectivity index (χ1v) is 18.8. The van der Waals surface area contributed by atoms with E-state index in [4.69, 9.17) is 0 Å². The zero-order chi connectivity index (χ0) is 35.3. The van der Waals surface area contributed by atoms with Crippen LogP contribution in [-0.2, 0) is 0 Å². The molecule has 10 aromatic rings. The van der Waals surface area contributed by atoms with Crippen LogP contribution in [0.25, 0.3) is 121 Å². The summed E-state index contributed by atoms with van der Waals surface area (Å²) in [6, 6.07) is 72.1. The van der Waals surface area contributed by atoms with Crippen LogP contribution in [0.3, 0.4) is 0 Å². The molecule has 0 unspecified atom stereocenters. The molecule has 10 aromatic carbocycles. The van der Waals surface area contributed by atoms with Gasteiger partial charge in [-0.25, -0.2) is 0 Å². The summed E-state index contributed by atoms with van der Waals surface area (Å²) >= 11 is 0. The van der Waals surface area contributed by atoms with Gasteiger partial charge in [0.1, 0.15) is 0 Å². The van der Waals surface area contributed by atoms with E-state index in [1.54, 1.807) is 0 Å². The zero-order valence-electron chi connectivity index (χ0n) is 29.5. The first kappa shape index (κ1) is 29.5. The van der Waals surface area contributed by atoms with Gasteiger partial charge in [-0.3, -0.25) is 0 Å². The second-order valence-electron chi connectivity index (χ2n) is 14.8. The van der Waals surface area contributed by atoms with Gasteiger partial charge in [0.05, 0.1) is 0 Å². The summed E-state index contributed by atoms with van der Waals surface area (Å²) in [5.41, 5.74) is 20.7. The highest BCUT2D eigenvalue weighted by atomic mass is 14.4. The van der Waals surface area contributed by atoms with E-state index in [-0.39, 0.29) is 0 Å². The minimum atomic E-state index is 1.23. The van der Waals surface area contributed by atoms with Gasteiger partial charge in [-0.05, 0) is 146 Å². The van der Waals surface area contributed by atoms with E-state index in [2.05, 4.69) is 194 Å². The van der Waals surface area contributed by atoms with E-state index < -0.39 is 0 Å². The van der Waals surface area contributed by atoms with Crippen LogP contribution >= 0.6 is 0 Å². The van der Waals surface area contributed by atoms with Gasteiger partial charge in [0, 0.05) is 0 Å². The second kappa shape index (κ2) is 11.2. The maximum atomic E-state index is 2.46. The summed E-state index contributed by atoms with van der Waals surface area (Å²) in [7, 11) is 0. The van der Waals surface area contributed by atoms with Crippen LogP contribution in [0.2, 0.25) is 0 Å². The van der Waals surface area contributed by atoms with E-state index >= 15 is 0 Å². The van der Waals surface area contributed by atoms with Crippen molar-refractivity contribution >= 4 is 32.3 Å². The smallest absolute Gasteiger partial charge is 0.000740 e. The fraction of sp³-hybridized carbons (Fsp3) is 0. The molecule has 0 bridgehead atoms. The molecule has 0 saturated heterocycles. The molecule has 248 valence electrons. The summed E-state index contributed by atoms with van der Waals surface area (Å²) in [6.07, 6.45) is 0. The molecule has 0 heterocycles. The molecule has 0 saturated carbocycles. The van der Waals surface area contributed by atoms with Gasteiger partial charge in [-0.1, -0.05) is 170 Å². The summed E-state index contributed by atoms with van der Waals surface area (Å²) in [5.74, 6) is 0. The second-order valence-corrected chi connectivity index (χ2v) is 14.8. The highest BCUT2D eigenvalue weighted by molar-refractivity contribution is 6.32. The molecule has 0 aliphatic heterocycles. The lowest BCUT2D eigenvalue weighted by atomic mass is 9.81. The molecule has 0 spiro atoms.